The van der Waals surface area contributed by atoms with Gasteiger partial charge in [-0.1, -0.05) is 6.92 Å². The van der Waals surface area contributed by atoms with Crippen LogP contribution in [0.4, 0.5) is 0 Å². The van der Waals surface area contributed by atoms with Crippen molar-refractivity contribution >= 4 is 11.9 Å². The maximum absolute atomic E-state index is 11.5. The first kappa shape index (κ1) is 13.0. The molecule has 16 heavy (non-hydrogen) atoms. The molecular weight excluding hydrogens is 208 g/mol. The lowest BCUT2D eigenvalue weighted by Gasteiger charge is -2.19. The lowest BCUT2D eigenvalue weighted by Crippen LogP contribution is -2.39. The Kier molecular flexibility index (Phi) is 4.73. The van der Waals surface area contributed by atoms with Gasteiger partial charge in [0.15, 0.2) is 0 Å². The summed E-state index contributed by atoms with van der Waals surface area (Å²) >= 11 is 0. The van der Waals surface area contributed by atoms with Gasteiger partial charge >= 0.3 is 5.97 Å². The van der Waals surface area contributed by atoms with Gasteiger partial charge in [-0.3, -0.25) is 14.5 Å². The van der Waals surface area contributed by atoms with Crippen LogP contribution < -0.4 is 5.32 Å². The van der Waals surface area contributed by atoms with Crippen LogP contribution in [0.3, 0.4) is 0 Å². The third-order valence-electron chi connectivity index (χ3n) is 2.55. The average Bonchev–Trinajstić information content (AvgIpc) is 2.99. The zero-order valence-corrected chi connectivity index (χ0v) is 10.2. The minimum absolute atomic E-state index is 0.0297. The van der Waals surface area contributed by atoms with Gasteiger partial charge in [0.05, 0.1) is 19.6 Å². The Morgan fingerprint density at radius 2 is 2.12 bits per heavy atom. The topological polar surface area (TPSA) is 58.6 Å². The molecule has 1 atom stereocenters. The summed E-state index contributed by atoms with van der Waals surface area (Å²) < 4.78 is 4.63. The molecule has 0 aromatic rings. The van der Waals surface area contributed by atoms with Crippen molar-refractivity contribution in [2.45, 2.75) is 25.8 Å². The van der Waals surface area contributed by atoms with Crippen molar-refractivity contribution in [3.63, 3.8) is 0 Å². The molecule has 0 bridgehead atoms. The summed E-state index contributed by atoms with van der Waals surface area (Å²) in [5.74, 6) is -0.416. The predicted molar refractivity (Wildman–Crippen MR) is 59.8 cm³/mol. The van der Waals surface area contributed by atoms with Gasteiger partial charge in [0.1, 0.15) is 0 Å². The summed E-state index contributed by atoms with van der Waals surface area (Å²) in [4.78, 5) is 24.5. The first-order valence-electron chi connectivity index (χ1n) is 5.58. The van der Waals surface area contributed by atoms with Gasteiger partial charge in [0, 0.05) is 12.6 Å². The highest BCUT2D eigenvalue weighted by Crippen LogP contribution is 2.18. The number of esters is 1. The Morgan fingerprint density at radius 1 is 1.50 bits per heavy atom. The van der Waals surface area contributed by atoms with Gasteiger partial charge < -0.3 is 10.1 Å². The Balaban J connectivity index is 2.20. The van der Waals surface area contributed by atoms with E-state index in [1.54, 1.807) is 6.92 Å². The summed E-state index contributed by atoms with van der Waals surface area (Å²) in [7, 11) is 3.20. The maximum Gasteiger partial charge on any atom is 0.309 e. The molecule has 0 aromatic heterocycles. The van der Waals surface area contributed by atoms with Crippen LogP contribution in [0.5, 0.6) is 0 Å². The minimum Gasteiger partial charge on any atom is -0.469 e. The van der Waals surface area contributed by atoms with Crippen LogP contribution in [-0.4, -0.2) is 50.1 Å². The van der Waals surface area contributed by atoms with Crippen LogP contribution >= 0.6 is 0 Å². The molecule has 0 saturated heterocycles. The van der Waals surface area contributed by atoms with Gasteiger partial charge in [-0.25, -0.2) is 0 Å². The largest absolute Gasteiger partial charge is 0.469 e. The van der Waals surface area contributed by atoms with E-state index in [1.807, 2.05) is 11.9 Å². The molecule has 1 rings (SSSR count). The first-order valence-corrected chi connectivity index (χ1v) is 5.58. The van der Waals surface area contributed by atoms with Crippen LogP contribution in [0.1, 0.15) is 19.8 Å². The van der Waals surface area contributed by atoms with Crippen molar-refractivity contribution in [3.8, 4) is 0 Å². The van der Waals surface area contributed by atoms with E-state index in [2.05, 4.69) is 10.1 Å². The third kappa shape index (κ3) is 4.61. The fraction of sp³-hybridized carbons (Fsp3) is 0.818. The summed E-state index contributed by atoms with van der Waals surface area (Å²) in [5, 5.41) is 2.90. The summed E-state index contributed by atoms with van der Waals surface area (Å²) in [6.45, 7) is 2.66. The zero-order chi connectivity index (χ0) is 12.1. The van der Waals surface area contributed by atoms with Crippen molar-refractivity contribution in [2.75, 3.05) is 27.2 Å². The molecule has 0 radical (unpaired) electrons. The van der Waals surface area contributed by atoms with E-state index in [0.29, 0.717) is 19.1 Å². The van der Waals surface area contributed by atoms with Crippen molar-refractivity contribution in [3.05, 3.63) is 0 Å². The number of carbonyl (C=O) groups is 2. The van der Waals surface area contributed by atoms with Gasteiger partial charge in [-0.15, -0.1) is 0 Å². The number of nitrogens with one attached hydrogen (secondary N) is 1. The van der Waals surface area contributed by atoms with Crippen LogP contribution in [-0.2, 0) is 14.3 Å². The standard InChI is InChI=1S/C11H20N2O3/c1-8(11(15)16-3)6-13(2)7-10(14)12-9-4-5-9/h8-9H,4-7H2,1-3H3,(H,12,14). The molecule has 1 fully saturated rings. The highest BCUT2D eigenvalue weighted by atomic mass is 16.5. The summed E-state index contributed by atoms with van der Waals surface area (Å²) in [6, 6.07) is 0.388. The number of amides is 1. The second-order valence-corrected chi connectivity index (χ2v) is 4.46. The zero-order valence-electron chi connectivity index (χ0n) is 10.2. The maximum atomic E-state index is 11.5. The molecule has 1 aliphatic carbocycles. The number of nitrogens with zero attached hydrogens (tertiary/aromatic N) is 1. The SMILES string of the molecule is COC(=O)C(C)CN(C)CC(=O)NC1CC1. The highest BCUT2D eigenvalue weighted by molar-refractivity contribution is 5.78. The first-order chi connectivity index (χ1) is 7.52. The second-order valence-electron chi connectivity index (χ2n) is 4.46. The summed E-state index contributed by atoms with van der Waals surface area (Å²) in [6.07, 6.45) is 2.18. The lowest BCUT2D eigenvalue weighted by atomic mass is 10.2. The average molecular weight is 228 g/mol. The number of hydrogen-bond acceptors (Lipinski definition) is 4. The van der Waals surface area contributed by atoms with E-state index in [1.165, 1.54) is 7.11 Å². The number of carbonyl (C=O) groups excluding carboxylic acids is 2. The molecule has 1 amide bonds. The Labute approximate surface area is 96.1 Å². The molecule has 92 valence electrons. The van der Waals surface area contributed by atoms with E-state index < -0.39 is 0 Å². The Bertz CT molecular complexity index is 264. The Hall–Kier alpha value is -1.10. The van der Waals surface area contributed by atoms with Crippen LogP contribution in [0.25, 0.3) is 0 Å². The molecule has 0 aliphatic heterocycles. The van der Waals surface area contributed by atoms with Gasteiger partial charge in [0.25, 0.3) is 0 Å². The van der Waals surface area contributed by atoms with E-state index >= 15 is 0 Å². The number of rotatable bonds is 6. The van der Waals surface area contributed by atoms with Gasteiger partial charge in [0.2, 0.25) is 5.91 Å². The van der Waals surface area contributed by atoms with Crippen molar-refractivity contribution in [1.29, 1.82) is 0 Å². The van der Waals surface area contributed by atoms with Crippen LogP contribution in [0.15, 0.2) is 0 Å². The Morgan fingerprint density at radius 3 is 2.62 bits per heavy atom. The number of hydrogen-bond donors (Lipinski definition) is 1. The molecule has 1 N–H and O–H groups in total. The molecule has 1 unspecified atom stereocenters. The van der Waals surface area contributed by atoms with Crippen LogP contribution in [0, 0.1) is 5.92 Å². The third-order valence-corrected chi connectivity index (χ3v) is 2.55. The number of ether oxygens (including phenoxy) is 1. The van der Waals surface area contributed by atoms with Gasteiger partial charge in [-0.05, 0) is 19.9 Å². The van der Waals surface area contributed by atoms with E-state index in [-0.39, 0.29) is 17.8 Å². The smallest absolute Gasteiger partial charge is 0.309 e. The quantitative estimate of drug-likeness (QED) is 0.650. The normalized spacial score (nSPS) is 17.0. The molecule has 1 saturated carbocycles. The molecule has 5 nitrogen and oxygen atoms in total. The minimum atomic E-state index is -0.241. The molecule has 0 aromatic carbocycles. The van der Waals surface area contributed by atoms with Crippen molar-refractivity contribution < 1.29 is 14.3 Å². The highest BCUT2D eigenvalue weighted by Gasteiger charge is 2.24. The summed E-state index contributed by atoms with van der Waals surface area (Å²) in [5.41, 5.74) is 0. The molecule has 0 spiro atoms. The van der Waals surface area contributed by atoms with E-state index in [9.17, 15) is 9.59 Å². The predicted octanol–water partition coefficient (Wildman–Crippen LogP) is 0.00590. The molecule has 0 heterocycles. The monoisotopic (exact) mass is 228 g/mol. The fourth-order valence-electron chi connectivity index (χ4n) is 1.55. The number of likely N-dealkylation sites (N-methyl/N-ethyl adjacent to an activating group) is 1. The van der Waals surface area contributed by atoms with Crippen molar-refractivity contribution in [1.82, 2.24) is 10.2 Å². The number of methoxy groups -OCH3 is 1. The van der Waals surface area contributed by atoms with E-state index in [0.717, 1.165) is 12.8 Å². The fourth-order valence-corrected chi connectivity index (χ4v) is 1.55. The van der Waals surface area contributed by atoms with E-state index in [4.69, 9.17) is 0 Å². The van der Waals surface area contributed by atoms with Gasteiger partial charge in [-0.2, -0.15) is 0 Å². The molecule has 1 aliphatic rings. The lowest BCUT2D eigenvalue weighted by molar-refractivity contribution is -0.145. The van der Waals surface area contributed by atoms with Crippen LogP contribution in [0.2, 0.25) is 0 Å². The second kappa shape index (κ2) is 5.84. The van der Waals surface area contributed by atoms with Crippen molar-refractivity contribution in [2.24, 2.45) is 5.92 Å². The molecule has 5 heteroatoms. The molecular formula is C11H20N2O3.